The minimum atomic E-state index is -0.872. The van der Waals surface area contributed by atoms with Gasteiger partial charge in [0.1, 0.15) is 23.3 Å². The van der Waals surface area contributed by atoms with Crippen LogP contribution < -0.4 is 14.8 Å². The quantitative estimate of drug-likeness (QED) is 0.252. The second kappa shape index (κ2) is 13.8. The van der Waals surface area contributed by atoms with Crippen LogP contribution in [0.1, 0.15) is 11.1 Å². The predicted molar refractivity (Wildman–Crippen MR) is 151 cm³/mol. The highest BCUT2D eigenvalue weighted by Crippen LogP contribution is 2.23. The van der Waals surface area contributed by atoms with Gasteiger partial charge in [0.15, 0.2) is 6.61 Å². The Morgan fingerprint density at radius 1 is 0.769 bits per heavy atom. The first-order valence-electron chi connectivity index (χ1n) is 12.7. The Hall–Kier alpha value is -4.62. The number of carbonyl (C=O) groups is 2. The average molecular weight is 525 g/mol. The van der Waals surface area contributed by atoms with Crippen molar-refractivity contribution in [1.29, 1.82) is 0 Å². The van der Waals surface area contributed by atoms with Crippen LogP contribution >= 0.6 is 0 Å². The van der Waals surface area contributed by atoms with Gasteiger partial charge >= 0.3 is 0 Å². The molecule has 0 spiro atoms. The summed E-state index contributed by atoms with van der Waals surface area (Å²) >= 11 is 0. The third-order valence-corrected chi connectivity index (χ3v) is 6.03. The van der Waals surface area contributed by atoms with Crippen molar-refractivity contribution in [3.05, 3.63) is 120 Å². The van der Waals surface area contributed by atoms with E-state index in [9.17, 15) is 9.59 Å². The monoisotopic (exact) mass is 524 g/mol. The van der Waals surface area contributed by atoms with E-state index in [0.717, 1.165) is 16.9 Å². The fourth-order valence-electron chi connectivity index (χ4n) is 3.74. The Balaban J connectivity index is 1.39. The first-order valence-corrected chi connectivity index (χ1v) is 12.7. The number of nitrogens with one attached hydrogen (secondary N) is 1. The Labute approximate surface area is 228 Å². The summed E-state index contributed by atoms with van der Waals surface area (Å²) in [7, 11) is 1.58. The van der Waals surface area contributed by atoms with Crippen LogP contribution in [0.25, 0.3) is 0 Å². The summed E-state index contributed by atoms with van der Waals surface area (Å²) < 4.78 is 17.3. The van der Waals surface area contributed by atoms with E-state index >= 15 is 0 Å². The number of carbonyl (C=O) groups excluding carboxylic acids is 2. The third-order valence-electron chi connectivity index (χ3n) is 6.03. The van der Waals surface area contributed by atoms with Crippen LogP contribution in [0.15, 0.2) is 109 Å². The Bertz CT molecular complexity index is 1330. The molecule has 0 bridgehead atoms. The van der Waals surface area contributed by atoms with Crippen LogP contribution in [0.3, 0.4) is 0 Å². The summed E-state index contributed by atoms with van der Waals surface area (Å²) in [5.74, 6) is 1.23. The number of hydrogen-bond acceptors (Lipinski definition) is 5. The predicted octanol–water partition coefficient (Wildman–Crippen LogP) is 5.85. The minimum Gasteiger partial charge on any atom is -0.484 e. The van der Waals surface area contributed by atoms with Crippen LogP contribution in [-0.2, 0) is 20.9 Å². The summed E-state index contributed by atoms with van der Waals surface area (Å²) in [6.07, 6.45) is 0. The highest BCUT2D eigenvalue weighted by molar-refractivity contribution is 5.97. The molecule has 2 amide bonds. The number of likely N-dealkylation sites (N-methyl/N-ethyl adjacent to an activating group) is 1. The van der Waals surface area contributed by atoms with Gasteiger partial charge < -0.3 is 24.4 Å². The molecule has 200 valence electrons. The lowest BCUT2D eigenvalue weighted by molar-refractivity contribution is -0.140. The topological polar surface area (TPSA) is 77.1 Å². The largest absolute Gasteiger partial charge is 0.484 e. The molecule has 7 nitrogen and oxygen atoms in total. The van der Waals surface area contributed by atoms with Gasteiger partial charge in [0.05, 0.1) is 13.2 Å². The molecule has 4 aromatic carbocycles. The molecule has 0 radical (unpaired) electrons. The summed E-state index contributed by atoms with van der Waals surface area (Å²) in [6.45, 7) is 2.11. The van der Waals surface area contributed by atoms with Gasteiger partial charge in [0.2, 0.25) is 5.91 Å². The van der Waals surface area contributed by atoms with E-state index in [1.807, 2.05) is 79.7 Å². The number of anilines is 1. The molecular weight excluding hydrogens is 492 g/mol. The van der Waals surface area contributed by atoms with Crippen molar-refractivity contribution in [2.24, 2.45) is 0 Å². The van der Waals surface area contributed by atoms with Gasteiger partial charge in [-0.25, -0.2) is 0 Å². The van der Waals surface area contributed by atoms with Gasteiger partial charge in [-0.15, -0.1) is 0 Å². The van der Waals surface area contributed by atoms with E-state index in [-0.39, 0.29) is 25.0 Å². The van der Waals surface area contributed by atoms with Crippen molar-refractivity contribution in [3.63, 3.8) is 0 Å². The van der Waals surface area contributed by atoms with Crippen LogP contribution in [0.4, 0.5) is 5.69 Å². The smallest absolute Gasteiger partial charge is 0.261 e. The van der Waals surface area contributed by atoms with Gasteiger partial charge in [0.25, 0.3) is 5.91 Å². The molecule has 39 heavy (non-hydrogen) atoms. The highest BCUT2D eigenvalue weighted by Gasteiger charge is 2.28. The van der Waals surface area contributed by atoms with Crippen LogP contribution in [0, 0.1) is 6.92 Å². The highest BCUT2D eigenvalue weighted by atomic mass is 16.5. The van der Waals surface area contributed by atoms with Crippen LogP contribution in [-0.4, -0.2) is 43.0 Å². The van der Waals surface area contributed by atoms with Gasteiger partial charge in [-0.2, -0.15) is 0 Å². The molecule has 4 aromatic rings. The molecule has 0 saturated carbocycles. The first kappa shape index (κ1) is 27.4. The minimum absolute atomic E-state index is 0.0166. The average Bonchev–Trinajstić information content (AvgIpc) is 2.96. The summed E-state index contributed by atoms with van der Waals surface area (Å²) in [6, 6.07) is 32.7. The number of benzene rings is 4. The van der Waals surface area contributed by atoms with Crippen molar-refractivity contribution >= 4 is 17.5 Å². The van der Waals surface area contributed by atoms with Gasteiger partial charge in [-0.3, -0.25) is 9.59 Å². The number of hydrogen-bond donors (Lipinski definition) is 1. The molecular formula is C32H32N2O5. The Morgan fingerprint density at radius 2 is 1.36 bits per heavy atom. The van der Waals surface area contributed by atoms with Crippen molar-refractivity contribution < 1.29 is 23.8 Å². The summed E-state index contributed by atoms with van der Waals surface area (Å²) in [5, 5.41) is 2.89. The lowest BCUT2D eigenvalue weighted by Crippen LogP contribution is -2.49. The maximum absolute atomic E-state index is 13.3. The molecule has 1 unspecified atom stereocenters. The van der Waals surface area contributed by atoms with Gasteiger partial charge in [-0.1, -0.05) is 66.2 Å². The molecule has 1 N–H and O–H groups in total. The molecule has 0 heterocycles. The standard InChI is InChI=1S/C32H32N2O5/c1-24-13-17-27(18-14-24)38-23-31(35)34(2)30(22-37-21-25-9-5-3-6-10-25)32(36)33-26-15-19-29(20-16-26)39-28-11-7-4-8-12-28/h3-20,30H,21-23H2,1-2H3,(H,33,36). The Kier molecular flexibility index (Phi) is 9.69. The first-order chi connectivity index (χ1) is 19.0. The van der Waals surface area contributed by atoms with Crippen molar-refractivity contribution in [3.8, 4) is 17.2 Å². The zero-order valence-electron chi connectivity index (χ0n) is 22.1. The fourth-order valence-corrected chi connectivity index (χ4v) is 3.74. The molecule has 0 aromatic heterocycles. The van der Waals surface area contributed by atoms with Crippen LogP contribution in [0.5, 0.6) is 17.2 Å². The van der Waals surface area contributed by atoms with Crippen molar-refractivity contribution in [2.75, 3.05) is 25.6 Å². The molecule has 0 aliphatic rings. The summed E-state index contributed by atoms with van der Waals surface area (Å²) in [5.41, 5.74) is 2.64. The lowest BCUT2D eigenvalue weighted by atomic mass is 10.2. The zero-order valence-corrected chi connectivity index (χ0v) is 22.1. The summed E-state index contributed by atoms with van der Waals surface area (Å²) in [4.78, 5) is 27.7. The molecule has 0 aliphatic heterocycles. The SMILES string of the molecule is Cc1ccc(OCC(=O)N(C)C(COCc2ccccc2)C(=O)Nc2ccc(Oc3ccccc3)cc2)cc1. The van der Waals surface area contributed by atoms with Crippen LogP contribution in [0.2, 0.25) is 0 Å². The van der Waals surface area contributed by atoms with Gasteiger partial charge in [-0.05, 0) is 61.0 Å². The maximum atomic E-state index is 13.3. The molecule has 7 heteroatoms. The van der Waals surface area contributed by atoms with Gasteiger partial charge in [0, 0.05) is 12.7 Å². The number of amides is 2. The maximum Gasteiger partial charge on any atom is 0.261 e. The van der Waals surface area contributed by atoms with Crippen molar-refractivity contribution in [1.82, 2.24) is 4.90 Å². The molecule has 0 saturated heterocycles. The molecule has 0 fully saturated rings. The molecule has 4 rings (SSSR count). The third kappa shape index (κ3) is 8.45. The Morgan fingerprint density at radius 3 is 2.03 bits per heavy atom. The second-order valence-electron chi connectivity index (χ2n) is 9.05. The number of aryl methyl sites for hydroxylation is 1. The van der Waals surface area contributed by atoms with E-state index in [1.54, 1.807) is 43.4 Å². The number of ether oxygens (including phenoxy) is 3. The number of para-hydroxylation sites is 1. The van der Waals surface area contributed by atoms with E-state index in [1.165, 1.54) is 4.90 Å². The zero-order chi connectivity index (χ0) is 27.5. The molecule has 0 aliphatic carbocycles. The van der Waals surface area contributed by atoms with E-state index in [2.05, 4.69) is 5.32 Å². The number of rotatable bonds is 12. The molecule has 1 atom stereocenters. The number of nitrogens with zero attached hydrogens (tertiary/aromatic N) is 1. The fraction of sp³-hybridized carbons (Fsp3) is 0.188. The van der Waals surface area contributed by atoms with E-state index < -0.39 is 6.04 Å². The normalized spacial score (nSPS) is 11.3. The van der Waals surface area contributed by atoms with Crippen molar-refractivity contribution in [2.45, 2.75) is 19.6 Å². The second-order valence-corrected chi connectivity index (χ2v) is 9.05. The lowest BCUT2D eigenvalue weighted by Gasteiger charge is -2.27. The van der Waals surface area contributed by atoms with E-state index in [4.69, 9.17) is 14.2 Å². The van der Waals surface area contributed by atoms with E-state index in [0.29, 0.717) is 23.8 Å².